The van der Waals surface area contributed by atoms with Gasteiger partial charge in [-0.1, -0.05) is 27.4 Å². The zero-order chi connectivity index (χ0) is 20.2. The lowest BCUT2D eigenvalue weighted by Crippen LogP contribution is -2.14. The number of carboxylic acid groups (broad SMARTS) is 1. The van der Waals surface area contributed by atoms with Crippen molar-refractivity contribution < 1.29 is 23.9 Å². The lowest BCUT2D eigenvalue weighted by molar-refractivity contribution is -0.139. The van der Waals surface area contributed by atoms with Crippen LogP contribution in [0.5, 0.6) is 5.75 Å². The van der Waals surface area contributed by atoms with Crippen LogP contribution in [0.4, 0.5) is 0 Å². The molecule has 2 aromatic rings. The SMILES string of the molecule is C=C(NOCc1nc(C(C)(C)C)oc1C)c1ccc(OCC(=O)O)c(C)c1. The van der Waals surface area contributed by atoms with E-state index in [1.807, 2.05) is 40.7 Å². The van der Waals surface area contributed by atoms with E-state index in [0.29, 0.717) is 17.3 Å². The summed E-state index contributed by atoms with van der Waals surface area (Å²) in [4.78, 5) is 20.6. The maximum absolute atomic E-state index is 10.6. The molecular weight excluding hydrogens is 348 g/mol. The summed E-state index contributed by atoms with van der Waals surface area (Å²) >= 11 is 0. The van der Waals surface area contributed by atoms with E-state index >= 15 is 0 Å². The van der Waals surface area contributed by atoms with Gasteiger partial charge in [-0.15, -0.1) is 0 Å². The van der Waals surface area contributed by atoms with Gasteiger partial charge in [0.2, 0.25) is 0 Å². The average Bonchev–Trinajstić information content (AvgIpc) is 2.94. The normalized spacial score (nSPS) is 11.3. The second-order valence-corrected chi connectivity index (χ2v) is 7.30. The highest BCUT2D eigenvalue weighted by Gasteiger charge is 2.22. The first-order valence-corrected chi connectivity index (χ1v) is 8.57. The molecule has 0 spiro atoms. The maximum Gasteiger partial charge on any atom is 0.341 e. The fourth-order valence-corrected chi connectivity index (χ4v) is 2.27. The van der Waals surface area contributed by atoms with Crippen LogP contribution >= 0.6 is 0 Å². The minimum atomic E-state index is -1.02. The molecule has 27 heavy (non-hydrogen) atoms. The maximum atomic E-state index is 10.6. The monoisotopic (exact) mass is 374 g/mol. The van der Waals surface area contributed by atoms with Crippen molar-refractivity contribution in [2.75, 3.05) is 6.61 Å². The highest BCUT2D eigenvalue weighted by molar-refractivity contribution is 5.68. The molecule has 0 bridgehead atoms. The summed E-state index contributed by atoms with van der Waals surface area (Å²) < 4.78 is 10.9. The molecule has 0 saturated carbocycles. The number of carboxylic acids is 1. The van der Waals surface area contributed by atoms with Crippen LogP contribution in [-0.2, 0) is 21.7 Å². The van der Waals surface area contributed by atoms with Gasteiger partial charge in [-0.2, -0.15) is 0 Å². The third-order valence-electron chi connectivity index (χ3n) is 3.81. The molecule has 0 aliphatic rings. The Kier molecular flexibility index (Phi) is 6.28. The summed E-state index contributed by atoms with van der Waals surface area (Å²) in [5.74, 6) is 0.895. The summed E-state index contributed by atoms with van der Waals surface area (Å²) in [7, 11) is 0. The number of nitrogens with zero attached hydrogens (tertiary/aromatic N) is 1. The van der Waals surface area contributed by atoms with Gasteiger partial charge in [0, 0.05) is 5.41 Å². The van der Waals surface area contributed by atoms with Crippen LogP contribution in [0, 0.1) is 13.8 Å². The smallest absolute Gasteiger partial charge is 0.341 e. The first-order chi connectivity index (χ1) is 12.6. The van der Waals surface area contributed by atoms with E-state index in [1.54, 1.807) is 12.1 Å². The van der Waals surface area contributed by atoms with E-state index in [2.05, 4.69) is 17.0 Å². The number of aromatic nitrogens is 1. The first kappa shape index (κ1) is 20.5. The number of oxazole rings is 1. The van der Waals surface area contributed by atoms with E-state index in [1.165, 1.54) is 0 Å². The van der Waals surface area contributed by atoms with E-state index in [0.717, 1.165) is 22.6 Å². The predicted molar refractivity (Wildman–Crippen MR) is 101 cm³/mol. The summed E-state index contributed by atoms with van der Waals surface area (Å²) in [5, 5.41) is 8.69. The van der Waals surface area contributed by atoms with Crippen LogP contribution in [0.25, 0.3) is 5.70 Å². The third-order valence-corrected chi connectivity index (χ3v) is 3.81. The van der Waals surface area contributed by atoms with Gasteiger partial charge in [-0.05, 0) is 43.2 Å². The molecule has 7 heteroatoms. The fraction of sp³-hybridized carbons (Fsp3) is 0.400. The molecule has 1 heterocycles. The van der Waals surface area contributed by atoms with Crippen molar-refractivity contribution in [1.29, 1.82) is 0 Å². The minimum Gasteiger partial charge on any atom is -0.482 e. The van der Waals surface area contributed by atoms with E-state index in [4.69, 9.17) is 19.1 Å². The standard InChI is InChI=1S/C20H26N2O5/c1-12-9-15(7-8-17(12)25-11-18(23)24)13(2)22-26-10-16-14(3)27-19(21-16)20(4,5)6/h7-9,22H,2,10-11H2,1,3-6H3,(H,23,24). The molecule has 0 aliphatic carbocycles. The zero-order valence-corrected chi connectivity index (χ0v) is 16.4. The summed E-state index contributed by atoms with van der Waals surface area (Å²) in [6.07, 6.45) is 0. The van der Waals surface area contributed by atoms with Crippen LogP contribution in [0.15, 0.2) is 29.2 Å². The first-order valence-electron chi connectivity index (χ1n) is 8.57. The number of hydrogen-bond acceptors (Lipinski definition) is 6. The lowest BCUT2D eigenvalue weighted by Gasteiger charge is -2.12. The third kappa shape index (κ3) is 5.59. The van der Waals surface area contributed by atoms with Gasteiger partial charge in [0.1, 0.15) is 23.8 Å². The van der Waals surface area contributed by atoms with Crippen LogP contribution in [0.1, 0.15) is 49.2 Å². The highest BCUT2D eigenvalue weighted by Crippen LogP contribution is 2.24. The molecule has 0 aliphatic heterocycles. The second kappa shape index (κ2) is 8.26. The Hall–Kier alpha value is -2.80. The predicted octanol–water partition coefficient (Wildman–Crippen LogP) is 3.74. The van der Waals surface area contributed by atoms with Gasteiger partial charge in [0.25, 0.3) is 0 Å². The average molecular weight is 374 g/mol. The van der Waals surface area contributed by atoms with Gasteiger partial charge >= 0.3 is 5.97 Å². The van der Waals surface area contributed by atoms with Crippen molar-refractivity contribution in [2.24, 2.45) is 0 Å². The summed E-state index contributed by atoms with van der Waals surface area (Å²) in [6.45, 7) is 13.6. The van der Waals surface area contributed by atoms with E-state index in [-0.39, 0.29) is 18.6 Å². The Morgan fingerprint density at radius 1 is 1.33 bits per heavy atom. The summed E-state index contributed by atoms with van der Waals surface area (Å²) in [5.41, 5.74) is 5.56. The number of carbonyl (C=O) groups is 1. The number of hydrogen-bond donors (Lipinski definition) is 2. The van der Waals surface area contributed by atoms with Crippen molar-refractivity contribution in [1.82, 2.24) is 10.5 Å². The fourth-order valence-electron chi connectivity index (χ4n) is 2.27. The molecule has 2 rings (SSSR count). The van der Waals surface area contributed by atoms with Crippen molar-refractivity contribution in [2.45, 2.75) is 46.6 Å². The van der Waals surface area contributed by atoms with Crippen molar-refractivity contribution in [3.05, 3.63) is 53.2 Å². The number of aliphatic carboxylic acids is 1. The molecule has 0 saturated heterocycles. The lowest BCUT2D eigenvalue weighted by atomic mass is 9.97. The minimum absolute atomic E-state index is 0.165. The molecule has 0 atom stereocenters. The number of benzene rings is 1. The molecule has 0 unspecified atom stereocenters. The summed E-state index contributed by atoms with van der Waals surface area (Å²) in [6, 6.07) is 5.33. The topological polar surface area (TPSA) is 93.8 Å². The van der Waals surface area contributed by atoms with Gasteiger partial charge in [-0.3, -0.25) is 10.3 Å². The number of ether oxygens (including phenoxy) is 1. The van der Waals surface area contributed by atoms with E-state index < -0.39 is 5.97 Å². The molecular formula is C20H26N2O5. The van der Waals surface area contributed by atoms with Crippen molar-refractivity contribution in [3.63, 3.8) is 0 Å². The Bertz CT molecular complexity index is 833. The van der Waals surface area contributed by atoms with Crippen LogP contribution in [0.2, 0.25) is 0 Å². The molecule has 146 valence electrons. The Morgan fingerprint density at radius 2 is 2.04 bits per heavy atom. The Balaban J connectivity index is 1.93. The highest BCUT2D eigenvalue weighted by atomic mass is 16.6. The zero-order valence-electron chi connectivity index (χ0n) is 16.4. The quantitative estimate of drug-likeness (QED) is 0.680. The van der Waals surface area contributed by atoms with Crippen LogP contribution < -0.4 is 10.2 Å². The van der Waals surface area contributed by atoms with Crippen molar-refractivity contribution in [3.8, 4) is 5.75 Å². The number of hydroxylamine groups is 1. The van der Waals surface area contributed by atoms with Gasteiger partial charge in [0.15, 0.2) is 12.5 Å². The number of nitrogens with one attached hydrogen (secondary N) is 1. The van der Waals surface area contributed by atoms with E-state index in [9.17, 15) is 4.79 Å². The van der Waals surface area contributed by atoms with Crippen LogP contribution in [0.3, 0.4) is 0 Å². The molecule has 0 amide bonds. The van der Waals surface area contributed by atoms with Gasteiger partial charge in [0.05, 0.1) is 5.70 Å². The Labute approximate surface area is 159 Å². The second-order valence-electron chi connectivity index (χ2n) is 7.30. The van der Waals surface area contributed by atoms with Crippen LogP contribution in [-0.4, -0.2) is 22.7 Å². The molecule has 1 aromatic carbocycles. The number of aryl methyl sites for hydroxylation is 2. The molecule has 0 fully saturated rings. The largest absolute Gasteiger partial charge is 0.482 e. The number of rotatable bonds is 8. The molecule has 2 N–H and O–H groups in total. The van der Waals surface area contributed by atoms with Crippen molar-refractivity contribution >= 4 is 11.7 Å². The Morgan fingerprint density at radius 3 is 2.59 bits per heavy atom. The molecule has 0 radical (unpaired) electrons. The molecule has 7 nitrogen and oxygen atoms in total. The van der Waals surface area contributed by atoms with Gasteiger partial charge < -0.3 is 14.3 Å². The molecule has 1 aromatic heterocycles. The van der Waals surface area contributed by atoms with Gasteiger partial charge in [-0.25, -0.2) is 9.78 Å².